The summed E-state index contributed by atoms with van der Waals surface area (Å²) in [6, 6.07) is 5.60. The maximum Gasteiger partial charge on any atom is 0.321 e. The lowest BCUT2D eigenvalue weighted by molar-refractivity contribution is 0.191. The van der Waals surface area contributed by atoms with Crippen molar-refractivity contribution in [1.82, 2.24) is 25.5 Å². The number of anilines is 1. The molecule has 1 fully saturated rings. The highest BCUT2D eigenvalue weighted by Gasteiger charge is 2.27. The third-order valence-electron chi connectivity index (χ3n) is 3.51. The zero-order chi connectivity index (χ0) is 14.7. The molecule has 0 spiro atoms. The number of piperidine rings is 1. The van der Waals surface area contributed by atoms with Gasteiger partial charge < -0.3 is 10.2 Å². The van der Waals surface area contributed by atoms with Crippen molar-refractivity contribution in [2.24, 2.45) is 0 Å². The van der Waals surface area contributed by atoms with Crippen molar-refractivity contribution >= 4 is 11.7 Å². The number of likely N-dealkylation sites (tertiary alicyclic amines) is 1. The smallest absolute Gasteiger partial charge is 0.321 e. The normalized spacial score (nSPS) is 18.5. The molecule has 1 atom stereocenters. The van der Waals surface area contributed by atoms with E-state index in [0.717, 1.165) is 12.8 Å². The summed E-state index contributed by atoms with van der Waals surface area (Å²) >= 11 is 0. The molecule has 110 valence electrons. The predicted octanol–water partition coefficient (Wildman–Crippen LogP) is 1.75. The van der Waals surface area contributed by atoms with E-state index in [0.29, 0.717) is 24.6 Å². The minimum Gasteiger partial charge on any atom is -0.324 e. The number of hydrogen-bond donors (Lipinski definition) is 2. The minimum absolute atomic E-state index is 0.0794. The van der Waals surface area contributed by atoms with Crippen molar-refractivity contribution in [2.45, 2.75) is 18.8 Å². The quantitative estimate of drug-likeness (QED) is 0.882. The van der Waals surface area contributed by atoms with Crippen LogP contribution in [0, 0.1) is 5.82 Å². The van der Waals surface area contributed by atoms with Gasteiger partial charge in [0, 0.05) is 24.7 Å². The summed E-state index contributed by atoms with van der Waals surface area (Å²) in [4.78, 5) is 13.9. The summed E-state index contributed by atoms with van der Waals surface area (Å²) in [6.07, 6.45) is 1.79. The van der Waals surface area contributed by atoms with Crippen LogP contribution in [-0.4, -0.2) is 44.6 Å². The van der Waals surface area contributed by atoms with Crippen molar-refractivity contribution in [1.29, 1.82) is 0 Å². The predicted molar refractivity (Wildman–Crippen MR) is 73.1 cm³/mol. The average molecular weight is 290 g/mol. The van der Waals surface area contributed by atoms with Crippen LogP contribution in [0.4, 0.5) is 14.9 Å². The van der Waals surface area contributed by atoms with Gasteiger partial charge in [0.25, 0.3) is 0 Å². The van der Waals surface area contributed by atoms with Gasteiger partial charge in [-0.05, 0) is 31.0 Å². The fraction of sp³-hybridized carbons (Fsp3) is 0.385. The number of carbonyl (C=O) groups excluding carboxylic acids is 1. The van der Waals surface area contributed by atoms with Gasteiger partial charge in [0.15, 0.2) is 5.82 Å². The molecule has 0 saturated carbocycles. The number of rotatable bonds is 2. The summed E-state index contributed by atoms with van der Waals surface area (Å²) in [6.45, 7) is 1.19. The molecule has 0 aliphatic carbocycles. The summed E-state index contributed by atoms with van der Waals surface area (Å²) in [5.41, 5.74) is 0.446. The molecule has 1 aliphatic heterocycles. The van der Waals surface area contributed by atoms with Gasteiger partial charge >= 0.3 is 6.03 Å². The first kappa shape index (κ1) is 13.5. The molecule has 1 saturated heterocycles. The molecule has 1 aromatic carbocycles. The Hall–Kier alpha value is -2.51. The van der Waals surface area contributed by atoms with Gasteiger partial charge in [-0.25, -0.2) is 9.18 Å². The molecule has 8 heteroatoms. The molecule has 1 aliphatic rings. The molecule has 3 rings (SSSR count). The topological polar surface area (TPSA) is 86.8 Å². The third-order valence-corrected chi connectivity index (χ3v) is 3.51. The van der Waals surface area contributed by atoms with Gasteiger partial charge in [-0.2, -0.15) is 5.21 Å². The van der Waals surface area contributed by atoms with E-state index in [1.165, 1.54) is 12.1 Å². The second kappa shape index (κ2) is 5.86. The molecule has 0 bridgehead atoms. The molecule has 2 N–H and O–H groups in total. The van der Waals surface area contributed by atoms with Crippen LogP contribution in [0.1, 0.15) is 24.6 Å². The Bertz CT molecular complexity index is 617. The molecule has 2 heterocycles. The Morgan fingerprint density at radius 2 is 2.38 bits per heavy atom. The molecule has 21 heavy (non-hydrogen) atoms. The van der Waals surface area contributed by atoms with E-state index in [9.17, 15) is 9.18 Å². The number of aromatic amines is 1. The SMILES string of the molecule is O=C(Nc1cccc(F)c1)N1CCCC(c2nn[nH]n2)C1. The second-order valence-corrected chi connectivity index (χ2v) is 5.00. The van der Waals surface area contributed by atoms with Gasteiger partial charge in [0.1, 0.15) is 5.82 Å². The van der Waals surface area contributed by atoms with Crippen molar-refractivity contribution in [2.75, 3.05) is 18.4 Å². The number of hydrogen-bond acceptors (Lipinski definition) is 4. The van der Waals surface area contributed by atoms with Crippen LogP contribution < -0.4 is 5.32 Å². The lowest BCUT2D eigenvalue weighted by Gasteiger charge is -2.31. The highest BCUT2D eigenvalue weighted by atomic mass is 19.1. The van der Waals surface area contributed by atoms with Gasteiger partial charge in [-0.1, -0.05) is 11.3 Å². The number of nitrogens with zero attached hydrogens (tertiary/aromatic N) is 4. The molecule has 2 aromatic rings. The van der Waals surface area contributed by atoms with Gasteiger partial charge in [-0.3, -0.25) is 0 Å². The van der Waals surface area contributed by atoms with Crippen molar-refractivity contribution in [3.63, 3.8) is 0 Å². The van der Waals surface area contributed by atoms with E-state index in [1.54, 1.807) is 17.0 Å². The van der Waals surface area contributed by atoms with Gasteiger partial charge in [-0.15, -0.1) is 10.2 Å². The van der Waals surface area contributed by atoms with Crippen LogP contribution in [0.5, 0.6) is 0 Å². The van der Waals surface area contributed by atoms with Crippen LogP contribution in [-0.2, 0) is 0 Å². The van der Waals surface area contributed by atoms with Crippen LogP contribution in [0.25, 0.3) is 0 Å². The van der Waals surface area contributed by atoms with E-state index in [4.69, 9.17) is 0 Å². The van der Waals surface area contributed by atoms with E-state index in [2.05, 4.69) is 25.9 Å². The number of aromatic nitrogens is 4. The molecule has 0 radical (unpaired) electrons. The van der Waals surface area contributed by atoms with Crippen LogP contribution in [0.15, 0.2) is 24.3 Å². The molecule has 1 unspecified atom stereocenters. The first-order valence-electron chi connectivity index (χ1n) is 6.77. The fourth-order valence-electron chi connectivity index (χ4n) is 2.48. The van der Waals surface area contributed by atoms with Crippen LogP contribution >= 0.6 is 0 Å². The van der Waals surface area contributed by atoms with Crippen molar-refractivity contribution < 1.29 is 9.18 Å². The number of tetrazole rings is 1. The monoisotopic (exact) mass is 290 g/mol. The summed E-state index contributed by atoms with van der Waals surface area (Å²) < 4.78 is 13.1. The Kier molecular flexibility index (Phi) is 3.76. The molecule has 1 aromatic heterocycles. The Morgan fingerprint density at radius 1 is 1.48 bits per heavy atom. The van der Waals surface area contributed by atoms with Gasteiger partial charge in [0.2, 0.25) is 0 Å². The number of nitrogens with one attached hydrogen (secondary N) is 2. The zero-order valence-corrected chi connectivity index (χ0v) is 11.3. The van der Waals surface area contributed by atoms with Crippen LogP contribution in [0.2, 0.25) is 0 Å². The minimum atomic E-state index is -0.379. The number of amides is 2. The number of H-pyrrole nitrogens is 1. The summed E-state index contributed by atoms with van der Waals surface area (Å²) in [7, 11) is 0. The zero-order valence-electron chi connectivity index (χ0n) is 11.3. The third kappa shape index (κ3) is 3.15. The maximum absolute atomic E-state index is 13.1. The maximum atomic E-state index is 13.1. The highest BCUT2D eigenvalue weighted by Crippen LogP contribution is 2.24. The number of urea groups is 1. The largest absolute Gasteiger partial charge is 0.324 e. The highest BCUT2D eigenvalue weighted by molar-refractivity contribution is 5.89. The van der Waals surface area contributed by atoms with Crippen LogP contribution in [0.3, 0.4) is 0 Å². The number of benzene rings is 1. The lowest BCUT2D eigenvalue weighted by Crippen LogP contribution is -2.41. The summed E-state index contributed by atoms with van der Waals surface area (Å²) in [5, 5.41) is 16.6. The first-order valence-corrected chi connectivity index (χ1v) is 6.77. The second-order valence-electron chi connectivity index (χ2n) is 5.00. The Balaban J connectivity index is 1.64. The number of halogens is 1. The fourth-order valence-corrected chi connectivity index (χ4v) is 2.48. The number of carbonyl (C=O) groups is 1. The molecular weight excluding hydrogens is 275 g/mol. The van der Waals surface area contributed by atoms with Crippen molar-refractivity contribution in [3.05, 3.63) is 35.9 Å². The average Bonchev–Trinajstić information content (AvgIpc) is 3.02. The lowest BCUT2D eigenvalue weighted by atomic mass is 9.98. The molecule has 7 nitrogen and oxygen atoms in total. The van der Waals surface area contributed by atoms with E-state index in [-0.39, 0.29) is 17.8 Å². The Morgan fingerprint density at radius 3 is 3.14 bits per heavy atom. The summed E-state index contributed by atoms with van der Waals surface area (Å²) in [5.74, 6) is 0.324. The van der Waals surface area contributed by atoms with E-state index < -0.39 is 0 Å². The first-order chi connectivity index (χ1) is 10.2. The molecular formula is C13H15FN6O. The van der Waals surface area contributed by atoms with Crippen molar-refractivity contribution in [3.8, 4) is 0 Å². The van der Waals surface area contributed by atoms with Gasteiger partial charge in [0.05, 0.1) is 0 Å². The van der Waals surface area contributed by atoms with E-state index >= 15 is 0 Å². The molecule has 2 amide bonds. The standard InChI is InChI=1S/C13H15FN6O/c14-10-4-1-5-11(7-10)15-13(21)20-6-2-3-9(8-20)12-16-18-19-17-12/h1,4-5,7,9H,2-3,6,8H2,(H,15,21)(H,16,17,18,19). The Labute approximate surface area is 120 Å². The van der Waals surface area contributed by atoms with E-state index in [1.807, 2.05) is 0 Å².